The number of nitrogens with one attached hydrogen (secondary N) is 1. The fraction of sp³-hybridized carbons (Fsp3) is 0.769. The van der Waals surface area contributed by atoms with Gasteiger partial charge in [-0.15, -0.1) is 0 Å². The Hall–Kier alpha value is -1.43. The van der Waals surface area contributed by atoms with Crippen LogP contribution in [-0.2, 0) is 22.5 Å². The summed E-state index contributed by atoms with van der Waals surface area (Å²) in [5, 5.41) is 7.07. The SMILES string of the molecule is CCCCc1noc(CNCCCC(=O)OCC)n1. The standard InChI is InChI=1S/C13H23N3O3/c1-3-5-7-11-15-12(19-16-11)10-14-9-6-8-13(17)18-4-2/h14H,3-10H2,1-2H3. The van der Waals surface area contributed by atoms with Crippen LogP contribution in [0.5, 0.6) is 0 Å². The first-order valence-electron chi connectivity index (χ1n) is 6.94. The van der Waals surface area contributed by atoms with E-state index >= 15 is 0 Å². The van der Waals surface area contributed by atoms with Gasteiger partial charge in [-0.3, -0.25) is 4.79 Å². The summed E-state index contributed by atoms with van der Waals surface area (Å²) in [5.74, 6) is 1.22. The molecule has 6 heteroatoms. The second-order valence-corrected chi connectivity index (χ2v) is 4.29. The van der Waals surface area contributed by atoms with Gasteiger partial charge in [0, 0.05) is 12.8 Å². The van der Waals surface area contributed by atoms with Gasteiger partial charge in [0.15, 0.2) is 5.82 Å². The second kappa shape index (κ2) is 9.49. The minimum absolute atomic E-state index is 0.149. The lowest BCUT2D eigenvalue weighted by Crippen LogP contribution is -2.16. The Morgan fingerprint density at radius 1 is 1.37 bits per heavy atom. The molecular weight excluding hydrogens is 246 g/mol. The van der Waals surface area contributed by atoms with E-state index < -0.39 is 0 Å². The molecule has 0 bridgehead atoms. The third-order valence-corrected chi connectivity index (χ3v) is 2.58. The van der Waals surface area contributed by atoms with Gasteiger partial charge in [0.1, 0.15) is 0 Å². The van der Waals surface area contributed by atoms with Gasteiger partial charge < -0.3 is 14.6 Å². The van der Waals surface area contributed by atoms with Gasteiger partial charge in [-0.25, -0.2) is 0 Å². The van der Waals surface area contributed by atoms with Gasteiger partial charge in [0.25, 0.3) is 0 Å². The third kappa shape index (κ3) is 6.91. The average molecular weight is 269 g/mol. The third-order valence-electron chi connectivity index (χ3n) is 2.58. The maximum Gasteiger partial charge on any atom is 0.305 e. The van der Waals surface area contributed by atoms with Crippen LogP contribution in [0, 0.1) is 0 Å². The maximum absolute atomic E-state index is 11.1. The van der Waals surface area contributed by atoms with E-state index in [1.54, 1.807) is 0 Å². The van der Waals surface area contributed by atoms with Crippen LogP contribution in [0.25, 0.3) is 0 Å². The minimum atomic E-state index is -0.149. The molecule has 0 aliphatic heterocycles. The second-order valence-electron chi connectivity index (χ2n) is 4.29. The summed E-state index contributed by atoms with van der Waals surface area (Å²) in [4.78, 5) is 15.4. The van der Waals surface area contributed by atoms with E-state index in [9.17, 15) is 4.79 Å². The summed E-state index contributed by atoms with van der Waals surface area (Å²) >= 11 is 0. The summed E-state index contributed by atoms with van der Waals surface area (Å²) in [6, 6.07) is 0. The van der Waals surface area contributed by atoms with Crippen molar-refractivity contribution >= 4 is 5.97 Å². The number of aromatic nitrogens is 2. The number of hydrogen-bond donors (Lipinski definition) is 1. The normalized spacial score (nSPS) is 10.6. The fourth-order valence-electron chi connectivity index (χ4n) is 1.58. The van der Waals surface area contributed by atoms with Crippen LogP contribution in [0.15, 0.2) is 4.52 Å². The van der Waals surface area contributed by atoms with Gasteiger partial charge in [0.05, 0.1) is 13.2 Å². The molecule has 0 aromatic carbocycles. The largest absolute Gasteiger partial charge is 0.466 e. The summed E-state index contributed by atoms with van der Waals surface area (Å²) in [6.45, 7) is 5.65. The predicted molar refractivity (Wildman–Crippen MR) is 70.5 cm³/mol. The summed E-state index contributed by atoms with van der Waals surface area (Å²) in [6.07, 6.45) is 4.24. The molecule has 6 nitrogen and oxygen atoms in total. The number of nitrogens with zero attached hydrogens (tertiary/aromatic N) is 2. The summed E-state index contributed by atoms with van der Waals surface area (Å²) < 4.78 is 9.95. The average Bonchev–Trinajstić information content (AvgIpc) is 2.84. The Labute approximate surface area is 113 Å². The molecular formula is C13H23N3O3. The molecule has 1 heterocycles. The number of carbonyl (C=O) groups is 1. The van der Waals surface area contributed by atoms with Crippen molar-refractivity contribution in [1.82, 2.24) is 15.5 Å². The zero-order chi connectivity index (χ0) is 13.9. The summed E-state index contributed by atoms with van der Waals surface area (Å²) in [5.41, 5.74) is 0. The van der Waals surface area contributed by atoms with Crippen LogP contribution in [0.3, 0.4) is 0 Å². The molecule has 0 atom stereocenters. The first-order chi connectivity index (χ1) is 9.26. The van der Waals surface area contributed by atoms with Crippen molar-refractivity contribution in [1.29, 1.82) is 0 Å². The molecule has 0 spiro atoms. The monoisotopic (exact) mass is 269 g/mol. The van der Waals surface area contributed by atoms with Crippen molar-refractivity contribution in [2.45, 2.75) is 52.5 Å². The first-order valence-corrected chi connectivity index (χ1v) is 6.94. The molecule has 19 heavy (non-hydrogen) atoms. The number of esters is 1. The highest BCUT2D eigenvalue weighted by Crippen LogP contribution is 2.02. The van der Waals surface area contributed by atoms with Crippen molar-refractivity contribution in [2.24, 2.45) is 0 Å². The van der Waals surface area contributed by atoms with Crippen LogP contribution in [-0.4, -0.2) is 29.3 Å². The van der Waals surface area contributed by atoms with Gasteiger partial charge >= 0.3 is 5.97 Å². The molecule has 1 aromatic rings. The lowest BCUT2D eigenvalue weighted by molar-refractivity contribution is -0.143. The van der Waals surface area contributed by atoms with Crippen molar-refractivity contribution in [3.63, 3.8) is 0 Å². The summed E-state index contributed by atoms with van der Waals surface area (Å²) in [7, 11) is 0. The topological polar surface area (TPSA) is 77.2 Å². The zero-order valence-corrected chi connectivity index (χ0v) is 11.8. The molecule has 0 radical (unpaired) electrons. The van der Waals surface area contributed by atoms with E-state index in [4.69, 9.17) is 9.26 Å². The molecule has 0 unspecified atom stereocenters. The number of unbranched alkanes of at least 4 members (excludes halogenated alkanes) is 1. The molecule has 0 saturated heterocycles. The van der Waals surface area contributed by atoms with Gasteiger partial charge in [0.2, 0.25) is 5.89 Å². The van der Waals surface area contributed by atoms with Crippen LogP contribution >= 0.6 is 0 Å². The van der Waals surface area contributed by atoms with Crippen LogP contribution in [0.2, 0.25) is 0 Å². The molecule has 0 aliphatic rings. The Morgan fingerprint density at radius 3 is 2.95 bits per heavy atom. The van der Waals surface area contributed by atoms with Gasteiger partial charge in [-0.05, 0) is 26.3 Å². The van der Waals surface area contributed by atoms with E-state index in [2.05, 4.69) is 22.4 Å². The van der Waals surface area contributed by atoms with E-state index in [0.717, 1.165) is 38.1 Å². The smallest absolute Gasteiger partial charge is 0.305 e. The van der Waals surface area contributed by atoms with Gasteiger partial charge in [-0.2, -0.15) is 4.98 Å². The highest BCUT2D eigenvalue weighted by Gasteiger charge is 2.05. The number of rotatable bonds is 10. The molecule has 0 saturated carbocycles. The van der Waals surface area contributed by atoms with Crippen LogP contribution in [0.4, 0.5) is 0 Å². The molecule has 0 fully saturated rings. The number of hydrogen-bond acceptors (Lipinski definition) is 6. The molecule has 1 aromatic heterocycles. The van der Waals surface area contributed by atoms with E-state index in [1.807, 2.05) is 6.92 Å². The highest BCUT2D eigenvalue weighted by molar-refractivity contribution is 5.69. The molecule has 1 N–H and O–H groups in total. The van der Waals surface area contributed by atoms with E-state index in [0.29, 0.717) is 25.5 Å². The number of carbonyl (C=O) groups excluding carboxylic acids is 1. The van der Waals surface area contributed by atoms with E-state index in [-0.39, 0.29) is 5.97 Å². The van der Waals surface area contributed by atoms with E-state index in [1.165, 1.54) is 0 Å². The van der Waals surface area contributed by atoms with Crippen molar-refractivity contribution in [3.8, 4) is 0 Å². The predicted octanol–water partition coefficient (Wildman–Crippen LogP) is 1.85. The zero-order valence-electron chi connectivity index (χ0n) is 11.8. The highest BCUT2D eigenvalue weighted by atomic mass is 16.5. The Balaban J connectivity index is 2.09. The maximum atomic E-state index is 11.1. The molecule has 0 aliphatic carbocycles. The Morgan fingerprint density at radius 2 is 2.21 bits per heavy atom. The van der Waals surface area contributed by atoms with Crippen molar-refractivity contribution in [3.05, 3.63) is 11.7 Å². The minimum Gasteiger partial charge on any atom is -0.466 e. The lowest BCUT2D eigenvalue weighted by Gasteiger charge is -2.02. The van der Waals surface area contributed by atoms with Crippen molar-refractivity contribution in [2.75, 3.05) is 13.2 Å². The Bertz CT molecular complexity index is 366. The Kier molecular flexibility index (Phi) is 7.81. The first kappa shape index (κ1) is 15.6. The number of aryl methyl sites for hydroxylation is 1. The lowest BCUT2D eigenvalue weighted by atomic mass is 10.2. The van der Waals surface area contributed by atoms with Crippen molar-refractivity contribution < 1.29 is 14.1 Å². The van der Waals surface area contributed by atoms with Crippen LogP contribution < -0.4 is 5.32 Å². The fourth-order valence-corrected chi connectivity index (χ4v) is 1.58. The van der Waals surface area contributed by atoms with Crippen LogP contribution in [0.1, 0.15) is 51.2 Å². The number of ether oxygens (including phenoxy) is 1. The molecule has 108 valence electrons. The van der Waals surface area contributed by atoms with Gasteiger partial charge in [-0.1, -0.05) is 18.5 Å². The molecule has 1 rings (SSSR count). The quantitative estimate of drug-likeness (QED) is 0.516. The molecule has 0 amide bonds.